The van der Waals surface area contributed by atoms with Gasteiger partial charge >= 0.3 is 0 Å². The summed E-state index contributed by atoms with van der Waals surface area (Å²) in [4.78, 5) is 14.2. The number of carbonyl (C=O) groups excluding carboxylic acids is 1. The zero-order valence-corrected chi connectivity index (χ0v) is 12.5. The molecular weight excluding hydrogens is 244 g/mol. The topological polar surface area (TPSA) is 50.8 Å². The molecule has 0 aliphatic carbocycles. The lowest BCUT2D eigenvalue weighted by molar-refractivity contribution is -0.133. The van der Waals surface area contributed by atoms with Crippen molar-refractivity contribution in [1.82, 2.24) is 10.2 Å². The first kappa shape index (κ1) is 16.4. The fraction of sp³-hybridized carbons (Fsp3) is 0.929. The fourth-order valence-electron chi connectivity index (χ4n) is 2.60. The third kappa shape index (κ3) is 5.47. The molecule has 0 aromatic rings. The van der Waals surface area contributed by atoms with E-state index in [1.165, 1.54) is 0 Å². The number of ether oxygens (including phenoxy) is 2. The van der Waals surface area contributed by atoms with Crippen LogP contribution in [0.3, 0.4) is 0 Å². The van der Waals surface area contributed by atoms with Crippen LogP contribution >= 0.6 is 0 Å². The number of carbonyl (C=O) groups is 1. The summed E-state index contributed by atoms with van der Waals surface area (Å²) in [6.07, 6.45) is 4.88. The van der Waals surface area contributed by atoms with Crippen molar-refractivity contribution in [2.45, 2.75) is 44.2 Å². The molecule has 1 N–H and O–H groups in total. The zero-order chi connectivity index (χ0) is 14.1. The number of likely N-dealkylation sites (tertiary alicyclic amines) is 1. The van der Waals surface area contributed by atoms with Gasteiger partial charge < -0.3 is 19.7 Å². The molecule has 0 radical (unpaired) electrons. The molecule has 0 saturated carbocycles. The van der Waals surface area contributed by atoms with Crippen LogP contribution in [0.25, 0.3) is 0 Å². The monoisotopic (exact) mass is 272 g/mol. The second-order valence-electron chi connectivity index (χ2n) is 5.16. The summed E-state index contributed by atoms with van der Waals surface area (Å²) in [5.41, 5.74) is 0. The van der Waals surface area contributed by atoms with Gasteiger partial charge in [0.25, 0.3) is 0 Å². The molecule has 5 heteroatoms. The van der Waals surface area contributed by atoms with Gasteiger partial charge in [-0.25, -0.2) is 0 Å². The average molecular weight is 272 g/mol. The van der Waals surface area contributed by atoms with E-state index in [4.69, 9.17) is 9.47 Å². The first-order chi connectivity index (χ1) is 9.22. The van der Waals surface area contributed by atoms with Gasteiger partial charge in [-0.15, -0.1) is 0 Å². The smallest absolute Gasteiger partial charge is 0.222 e. The minimum Gasteiger partial charge on any atom is -0.383 e. The van der Waals surface area contributed by atoms with E-state index in [2.05, 4.69) is 5.32 Å². The normalized spacial score (nSPS) is 23.0. The summed E-state index contributed by atoms with van der Waals surface area (Å²) in [7, 11) is 5.34. The Morgan fingerprint density at radius 2 is 2.11 bits per heavy atom. The molecule has 1 amide bonds. The average Bonchev–Trinajstić information content (AvgIpc) is 2.82. The third-order valence-corrected chi connectivity index (χ3v) is 3.71. The van der Waals surface area contributed by atoms with E-state index in [0.717, 1.165) is 32.2 Å². The summed E-state index contributed by atoms with van der Waals surface area (Å²) >= 11 is 0. The Labute approximate surface area is 116 Å². The van der Waals surface area contributed by atoms with Crippen molar-refractivity contribution in [3.05, 3.63) is 0 Å². The van der Waals surface area contributed by atoms with E-state index in [0.29, 0.717) is 19.6 Å². The molecule has 0 aromatic carbocycles. The number of nitrogens with one attached hydrogen (secondary N) is 1. The van der Waals surface area contributed by atoms with E-state index in [1.807, 2.05) is 11.9 Å². The van der Waals surface area contributed by atoms with Gasteiger partial charge in [0.2, 0.25) is 5.91 Å². The Balaban J connectivity index is 2.32. The Morgan fingerprint density at radius 1 is 1.32 bits per heavy atom. The molecule has 0 bridgehead atoms. The lowest BCUT2D eigenvalue weighted by Gasteiger charge is -2.23. The van der Waals surface area contributed by atoms with Crippen LogP contribution in [0.5, 0.6) is 0 Å². The van der Waals surface area contributed by atoms with Crippen LogP contribution in [-0.4, -0.2) is 63.9 Å². The van der Waals surface area contributed by atoms with Gasteiger partial charge in [-0.2, -0.15) is 0 Å². The number of rotatable bonds is 9. The van der Waals surface area contributed by atoms with Crippen molar-refractivity contribution in [2.75, 3.05) is 41.0 Å². The summed E-state index contributed by atoms with van der Waals surface area (Å²) < 4.78 is 10.6. The highest BCUT2D eigenvalue weighted by Crippen LogP contribution is 2.21. The van der Waals surface area contributed by atoms with Crippen LogP contribution in [0.1, 0.15) is 32.1 Å². The first-order valence-corrected chi connectivity index (χ1v) is 7.18. The van der Waals surface area contributed by atoms with Gasteiger partial charge in [-0.1, -0.05) is 6.42 Å². The molecular formula is C14H28N2O3. The number of hydrogen-bond acceptors (Lipinski definition) is 4. The standard InChI is InChI=1S/C14H28N2O3/c1-15-8-6-4-5-7-14(17)16-10-13(19-3)9-12(16)11-18-2/h12-13,15H,4-11H2,1-3H3. The fourth-order valence-corrected chi connectivity index (χ4v) is 2.60. The molecule has 0 spiro atoms. The molecule has 2 atom stereocenters. The molecule has 1 aliphatic heterocycles. The maximum atomic E-state index is 12.2. The third-order valence-electron chi connectivity index (χ3n) is 3.71. The maximum absolute atomic E-state index is 12.2. The van der Waals surface area contributed by atoms with E-state index in [1.54, 1.807) is 14.2 Å². The molecule has 1 aliphatic rings. The van der Waals surface area contributed by atoms with Gasteiger partial charge in [0, 0.05) is 27.2 Å². The number of amides is 1. The van der Waals surface area contributed by atoms with Crippen LogP contribution in [0.15, 0.2) is 0 Å². The van der Waals surface area contributed by atoms with Gasteiger partial charge in [-0.05, 0) is 32.9 Å². The molecule has 5 nitrogen and oxygen atoms in total. The molecule has 0 aromatic heterocycles. The van der Waals surface area contributed by atoms with Crippen LogP contribution in [-0.2, 0) is 14.3 Å². The Morgan fingerprint density at radius 3 is 2.74 bits per heavy atom. The highest BCUT2D eigenvalue weighted by atomic mass is 16.5. The van der Waals surface area contributed by atoms with E-state index < -0.39 is 0 Å². The van der Waals surface area contributed by atoms with Crippen LogP contribution in [0.2, 0.25) is 0 Å². The Kier molecular flexibility index (Phi) is 8.02. The minimum absolute atomic E-state index is 0.161. The van der Waals surface area contributed by atoms with E-state index >= 15 is 0 Å². The van der Waals surface area contributed by atoms with Crippen LogP contribution < -0.4 is 5.32 Å². The van der Waals surface area contributed by atoms with Gasteiger partial charge in [-0.3, -0.25) is 4.79 Å². The quantitative estimate of drug-likeness (QED) is 0.637. The highest BCUT2D eigenvalue weighted by Gasteiger charge is 2.34. The van der Waals surface area contributed by atoms with Gasteiger partial charge in [0.05, 0.1) is 18.8 Å². The minimum atomic E-state index is 0.161. The summed E-state index contributed by atoms with van der Waals surface area (Å²) in [5.74, 6) is 0.242. The predicted octanol–water partition coefficient (Wildman–Crippen LogP) is 1.03. The summed E-state index contributed by atoms with van der Waals surface area (Å²) in [6.45, 7) is 2.33. The Hall–Kier alpha value is -0.650. The van der Waals surface area contributed by atoms with E-state index in [-0.39, 0.29) is 18.1 Å². The van der Waals surface area contributed by atoms with Crippen LogP contribution in [0.4, 0.5) is 0 Å². The van der Waals surface area contributed by atoms with Crippen LogP contribution in [0, 0.1) is 0 Å². The van der Waals surface area contributed by atoms with Gasteiger partial charge in [0.15, 0.2) is 0 Å². The van der Waals surface area contributed by atoms with Crippen molar-refractivity contribution < 1.29 is 14.3 Å². The maximum Gasteiger partial charge on any atom is 0.222 e. The molecule has 19 heavy (non-hydrogen) atoms. The second-order valence-corrected chi connectivity index (χ2v) is 5.16. The molecule has 2 unspecified atom stereocenters. The second kappa shape index (κ2) is 9.28. The van der Waals surface area contributed by atoms with Crippen molar-refractivity contribution in [3.8, 4) is 0 Å². The van der Waals surface area contributed by atoms with Crippen molar-refractivity contribution >= 4 is 5.91 Å². The lowest BCUT2D eigenvalue weighted by Crippen LogP contribution is -2.38. The molecule has 1 fully saturated rings. The number of methoxy groups -OCH3 is 2. The van der Waals surface area contributed by atoms with Gasteiger partial charge in [0.1, 0.15) is 0 Å². The SMILES string of the molecule is CNCCCCCC(=O)N1CC(OC)CC1COC. The predicted molar refractivity (Wildman–Crippen MR) is 75.2 cm³/mol. The highest BCUT2D eigenvalue weighted by molar-refractivity contribution is 5.76. The molecule has 1 rings (SSSR count). The molecule has 1 saturated heterocycles. The number of nitrogens with zero attached hydrogens (tertiary/aromatic N) is 1. The number of unbranched alkanes of at least 4 members (excludes halogenated alkanes) is 2. The lowest BCUT2D eigenvalue weighted by atomic mass is 10.1. The summed E-state index contributed by atoms with van der Waals surface area (Å²) in [5, 5.41) is 3.12. The largest absolute Gasteiger partial charge is 0.383 e. The van der Waals surface area contributed by atoms with Crippen molar-refractivity contribution in [3.63, 3.8) is 0 Å². The molecule has 112 valence electrons. The van der Waals surface area contributed by atoms with Crippen molar-refractivity contribution in [2.24, 2.45) is 0 Å². The van der Waals surface area contributed by atoms with E-state index in [9.17, 15) is 4.79 Å². The number of hydrogen-bond donors (Lipinski definition) is 1. The molecule has 1 heterocycles. The zero-order valence-electron chi connectivity index (χ0n) is 12.5. The first-order valence-electron chi connectivity index (χ1n) is 7.18. The van der Waals surface area contributed by atoms with Crippen molar-refractivity contribution in [1.29, 1.82) is 0 Å². The summed E-state index contributed by atoms with van der Waals surface area (Å²) in [6, 6.07) is 0.180. The Bertz CT molecular complexity index is 261.